The molecule has 0 N–H and O–H groups in total. The predicted octanol–water partition coefficient (Wildman–Crippen LogP) is 0.343. The molecule has 2 rings (SSSR count). The highest BCUT2D eigenvalue weighted by Gasteiger charge is 2.09. The van der Waals surface area contributed by atoms with E-state index in [0.29, 0.717) is 13.4 Å². The van der Waals surface area contributed by atoms with E-state index in [0.717, 1.165) is 11.4 Å². The fraction of sp³-hybridized carbons (Fsp3) is 0.333. The van der Waals surface area contributed by atoms with Crippen molar-refractivity contribution in [2.45, 2.75) is 6.61 Å². The van der Waals surface area contributed by atoms with Gasteiger partial charge in [-0.15, -0.1) is 0 Å². The highest BCUT2D eigenvalue weighted by Crippen LogP contribution is 2.18. The number of aromatic nitrogens is 2. The molecule has 0 aliphatic carbocycles. The second-order valence-electron chi connectivity index (χ2n) is 1.94. The number of ether oxygens (including phenoxy) is 2. The summed E-state index contributed by atoms with van der Waals surface area (Å²) in [5.41, 5.74) is 0.821. The molecule has 4 nitrogen and oxygen atoms in total. The van der Waals surface area contributed by atoms with Crippen LogP contribution in [0, 0.1) is 0 Å². The minimum absolute atomic E-state index is 0.306. The molecule has 0 fully saturated rings. The normalized spacial score (nSPS) is 15.6. The summed E-state index contributed by atoms with van der Waals surface area (Å²) in [6.45, 7) is 0.832. The summed E-state index contributed by atoms with van der Waals surface area (Å²) in [6.07, 6.45) is 3.13. The third kappa shape index (κ3) is 0.823. The molecule has 0 saturated carbocycles. The molecule has 0 unspecified atom stereocenters. The SMILES string of the molecule is c1ncc2c(n1)COCO2. The molecule has 0 saturated heterocycles. The van der Waals surface area contributed by atoms with Gasteiger partial charge in [0, 0.05) is 0 Å². The van der Waals surface area contributed by atoms with E-state index in [4.69, 9.17) is 9.47 Å². The van der Waals surface area contributed by atoms with Crippen molar-refractivity contribution in [3.05, 3.63) is 18.2 Å². The molecular formula is C6H6N2O2. The minimum Gasteiger partial charge on any atom is -0.464 e. The van der Waals surface area contributed by atoms with Crippen molar-refractivity contribution in [3.63, 3.8) is 0 Å². The molecular weight excluding hydrogens is 132 g/mol. The molecule has 1 aromatic rings. The number of fused-ring (bicyclic) bond motifs is 1. The zero-order chi connectivity index (χ0) is 6.81. The highest BCUT2D eigenvalue weighted by molar-refractivity contribution is 5.23. The second-order valence-corrected chi connectivity index (χ2v) is 1.94. The molecule has 0 atom stereocenters. The topological polar surface area (TPSA) is 44.2 Å². The van der Waals surface area contributed by atoms with E-state index in [1.807, 2.05) is 0 Å². The quantitative estimate of drug-likeness (QED) is 0.518. The maximum atomic E-state index is 5.08. The van der Waals surface area contributed by atoms with Gasteiger partial charge in [0.15, 0.2) is 12.5 Å². The van der Waals surface area contributed by atoms with Gasteiger partial charge in [0.2, 0.25) is 0 Å². The van der Waals surface area contributed by atoms with Gasteiger partial charge >= 0.3 is 0 Å². The largest absolute Gasteiger partial charge is 0.464 e. The van der Waals surface area contributed by atoms with E-state index >= 15 is 0 Å². The Hall–Kier alpha value is -1.16. The van der Waals surface area contributed by atoms with Crippen molar-refractivity contribution in [3.8, 4) is 5.75 Å². The second kappa shape index (κ2) is 2.22. The van der Waals surface area contributed by atoms with Gasteiger partial charge < -0.3 is 9.47 Å². The van der Waals surface area contributed by atoms with Crippen LogP contribution in [-0.4, -0.2) is 16.8 Å². The molecule has 52 valence electrons. The zero-order valence-corrected chi connectivity index (χ0v) is 5.28. The van der Waals surface area contributed by atoms with Gasteiger partial charge in [-0.2, -0.15) is 0 Å². The Balaban J connectivity index is 2.41. The number of rotatable bonds is 0. The average Bonchev–Trinajstić information content (AvgIpc) is 2.05. The van der Waals surface area contributed by atoms with Crippen LogP contribution in [0.25, 0.3) is 0 Å². The summed E-state index contributed by atoms with van der Waals surface area (Å²) in [4.78, 5) is 7.76. The van der Waals surface area contributed by atoms with Crippen LogP contribution in [0.1, 0.15) is 5.69 Å². The molecule has 0 bridgehead atoms. The Labute approximate surface area is 57.8 Å². The van der Waals surface area contributed by atoms with Crippen LogP contribution in [0.5, 0.6) is 5.75 Å². The van der Waals surface area contributed by atoms with Crippen molar-refractivity contribution in [2.75, 3.05) is 6.79 Å². The van der Waals surface area contributed by atoms with E-state index in [1.165, 1.54) is 6.33 Å². The lowest BCUT2D eigenvalue weighted by molar-refractivity contribution is -0.0192. The van der Waals surface area contributed by atoms with Crippen molar-refractivity contribution in [1.82, 2.24) is 9.97 Å². The Morgan fingerprint density at radius 2 is 2.50 bits per heavy atom. The Morgan fingerprint density at radius 3 is 3.40 bits per heavy atom. The molecule has 1 aromatic heterocycles. The number of hydrogen-bond donors (Lipinski definition) is 0. The van der Waals surface area contributed by atoms with Gasteiger partial charge in [-0.25, -0.2) is 9.97 Å². The van der Waals surface area contributed by atoms with Gasteiger partial charge in [0.25, 0.3) is 0 Å². The lowest BCUT2D eigenvalue weighted by Crippen LogP contribution is -2.12. The van der Waals surface area contributed by atoms with Crippen molar-refractivity contribution < 1.29 is 9.47 Å². The number of hydrogen-bond acceptors (Lipinski definition) is 4. The van der Waals surface area contributed by atoms with Crippen LogP contribution in [-0.2, 0) is 11.3 Å². The van der Waals surface area contributed by atoms with Gasteiger partial charge in [-0.1, -0.05) is 0 Å². The van der Waals surface area contributed by atoms with Crippen molar-refractivity contribution in [1.29, 1.82) is 0 Å². The van der Waals surface area contributed by atoms with Crippen LogP contribution in [0.15, 0.2) is 12.5 Å². The van der Waals surface area contributed by atoms with Crippen LogP contribution in [0.4, 0.5) is 0 Å². The molecule has 0 amide bonds. The van der Waals surface area contributed by atoms with E-state index in [2.05, 4.69) is 9.97 Å². The van der Waals surface area contributed by atoms with Crippen LogP contribution in [0.2, 0.25) is 0 Å². The zero-order valence-electron chi connectivity index (χ0n) is 5.28. The van der Waals surface area contributed by atoms with E-state index in [1.54, 1.807) is 6.20 Å². The monoisotopic (exact) mass is 138 g/mol. The van der Waals surface area contributed by atoms with Crippen molar-refractivity contribution in [2.24, 2.45) is 0 Å². The third-order valence-corrected chi connectivity index (χ3v) is 1.29. The molecule has 1 aliphatic heterocycles. The number of nitrogens with zero attached hydrogens (tertiary/aromatic N) is 2. The first-order chi connectivity index (χ1) is 4.97. The Morgan fingerprint density at radius 1 is 1.50 bits per heavy atom. The van der Waals surface area contributed by atoms with E-state index < -0.39 is 0 Å². The fourth-order valence-corrected chi connectivity index (χ4v) is 0.815. The molecule has 2 heterocycles. The average molecular weight is 138 g/mol. The summed E-state index contributed by atoms with van der Waals surface area (Å²) in [6, 6.07) is 0. The van der Waals surface area contributed by atoms with E-state index in [-0.39, 0.29) is 0 Å². The van der Waals surface area contributed by atoms with Crippen LogP contribution >= 0.6 is 0 Å². The summed E-state index contributed by atoms with van der Waals surface area (Å²) >= 11 is 0. The maximum absolute atomic E-state index is 5.08. The van der Waals surface area contributed by atoms with Gasteiger partial charge in [0.05, 0.1) is 12.8 Å². The maximum Gasteiger partial charge on any atom is 0.189 e. The Kier molecular flexibility index (Phi) is 1.25. The van der Waals surface area contributed by atoms with Crippen LogP contribution in [0.3, 0.4) is 0 Å². The van der Waals surface area contributed by atoms with Gasteiger partial charge in [0.1, 0.15) is 12.0 Å². The lowest BCUT2D eigenvalue weighted by atomic mass is 10.4. The predicted molar refractivity (Wildman–Crippen MR) is 32.3 cm³/mol. The summed E-state index contributed by atoms with van der Waals surface area (Å²) in [5, 5.41) is 0. The molecule has 0 spiro atoms. The van der Waals surface area contributed by atoms with Crippen LogP contribution < -0.4 is 4.74 Å². The first-order valence-corrected chi connectivity index (χ1v) is 2.96. The fourth-order valence-electron chi connectivity index (χ4n) is 0.815. The smallest absolute Gasteiger partial charge is 0.189 e. The summed E-state index contributed by atoms with van der Waals surface area (Å²) < 4.78 is 10.1. The molecule has 4 heteroatoms. The molecule has 0 radical (unpaired) electrons. The van der Waals surface area contributed by atoms with E-state index in [9.17, 15) is 0 Å². The molecule has 1 aliphatic rings. The van der Waals surface area contributed by atoms with Crippen molar-refractivity contribution >= 4 is 0 Å². The van der Waals surface area contributed by atoms with Gasteiger partial charge in [-0.3, -0.25) is 0 Å². The highest BCUT2D eigenvalue weighted by atomic mass is 16.7. The standard InChI is InChI=1S/C6H6N2O2/c1-6-5(8-3-7-1)2-9-4-10-6/h1,3H,2,4H2. The first kappa shape index (κ1) is 5.61. The third-order valence-electron chi connectivity index (χ3n) is 1.29. The first-order valence-electron chi connectivity index (χ1n) is 2.96. The van der Waals surface area contributed by atoms with Gasteiger partial charge in [-0.05, 0) is 0 Å². The molecule has 0 aromatic carbocycles. The Bertz CT molecular complexity index is 214. The molecule has 10 heavy (non-hydrogen) atoms. The lowest BCUT2D eigenvalue weighted by Gasteiger charge is -2.14. The summed E-state index contributed by atoms with van der Waals surface area (Å²) in [5.74, 6) is 0.730. The minimum atomic E-state index is 0.306. The summed E-state index contributed by atoms with van der Waals surface area (Å²) in [7, 11) is 0.